The van der Waals surface area contributed by atoms with E-state index in [2.05, 4.69) is 10.6 Å². The van der Waals surface area contributed by atoms with Crippen LogP contribution in [0.2, 0.25) is 10.0 Å². The molecule has 2 aromatic carbocycles. The Morgan fingerprint density at radius 2 is 1.68 bits per heavy atom. The molecule has 0 bridgehead atoms. The quantitative estimate of drug-likeness (QED) is 0.524. The molecule has 0 atom stereocenters. The Kier molecular flexibility index (Phi) is 7.73. The molecule has 1 aliphatic rings. The molecule has 2 amide bonds. The van der Waals surface area contributed by atoms with Crippen LogP contribution in [0.25, 0.3) is 0 Å². The third-order valence-electron chi connectivity index (χ3n) is 5.05. The second kappa shape index (κ2) is 10.3. The van der Waals surface area contributed by atoms with E-state index in [1.165, 1.54) is 24.3 Å². The summed E-state index contributed by atoms with van der Waals surface area (Å²) in [6, 6.07) is 8.37. The van der Waals surface area contributed by atoms with Crippen molar-refractivity contribution in [1.82, 2.24) is 10.6 Å². The van der Waals surface area contributed by atoms with Crippen molar-refractivity contribution < 1.29 is 23.1 Å². The fourth-order valence-electron chi connectivity index (χ4n) is 3.16. The van der Waals surface area contributed by atoms with E-state index >= 15 is 0 Å². The number of ether oxygens (including phenoxy) is 1. The first kappa shape index (κ1) is 23.3. The van der Waals surface area contributed by atoms with E-state index < -0.39 is 11.6 Å². The van der Waals surface area contributed by atoms with Gasteiger partial charge in [-0.1, -0.05) is 29.3 Å². The molecule has 0 aromatic heterocycles. The monoisotopic (exact) mass is 470 g/mol. The van der Waals surface area contributed by atoms with Gasteiger partial charge in [0.1, 0.15) is 17.4 Å². The van der Waals surface area contributed by atoms with Crippen molar-refractivity contribution in [3.05, 3.63) is 63.6 Å². The van der Waals surface area contributed by atoms with Gasteiger partial charge in [0, 0.05) is 24.6 Å². The van der Waals surface area contributed by atoms with Crippen LogP contribution in [0.3, 0.4) is 0 Å². The number of halogens is 4. The van der Waals surface area contributed by atoms with Gasteiger partial charge in [-0.25, -0.2) is 8.78 Å². The Hall–Kier alpha value is -2.38. The number of hydrogen-bond donors (Lipinski definition) is 2. The summed E-state index contributed by atoms with van der Waals surface area (Å²) in [5.74, 6) is -1.37. The molecule has 1 fully saturated rings. The van der Waals surface area contributed by atoms with Crippen molar-refractivity contribution >= 4 is 35.0 Å². The number of benzene rings is 2. The van der Waals surface area contributed by atoms with Gasteiger partial charge in [-0.2, -0.15) is 0 Å². The first-order valence-electron chi connectivity index (χ1n) is 9.86. The molecule has 0 aliphatic heterocycles. The largest absolute Gasteiger partial charge is 0.484 e. The number of carbonyl (C=O) groups excluding carboxylic acids is 2. The van der Waals surface area contributed by atoms with Gasteiger partial charge in [-0.15, -0.1) is 0 Å². The summed E-state index contributed by atoms with van der Waals surface area (Å²) in [5, 5.41) is 5.70. The summed E-state index contributed by atoms with van der Waals surface area (Å²) in [7, 11) is 0. The summed E-state index contributed by atoms with van der Waals surface area (Å²) in [4.78, 5) is 24.2. The second-order valence-electron chi connectivity index (χ2n) is 7.57. The number of rotatable bonds is 10. The summed E-state index contributed by atoms with van der Waals surface area (Å²) >= 11 is 11.3. The van der Waals surface area contributed by atoms with Crippen LogP contribution in [-0.2, 0) is 16.1 Å². The normalized spacial score (nSPS) is 14.1. The van der Waals surface area contributed by atoms with Gasteiger partial charge in [0.2, 0.25) is 5.91 Å². The Morgan fingerprint density at radius 3 is 2.32 bits per heavy atom. The standard InChI is InChI=1S/C22H22Cl2F2N2O3/c23-16-5-3-14(10-18(16)25)12-27-20(29)2-1-7-22(8-9-22)28-21(30)13-31-15-4-6-17(24)19(26)11-15/h3-6,10-11H,1-2,7-9,12-13H2,(H,27,29)(H,28,30). The molecule has 31 heavy (non-hydrogen) atoms. The van der Waals surface area contributed by atoms with E-state index in [0.717, 1.165) is 18.9 Å². The molecule has 0 radical (unpaired) electrons. The third-order valence-corrected chi connectivity index (χ3v) is 5.67. The highest BCUT2D eigenvalue weighted by molar-refractivity contribution is 6.31. The highest BCUT2D eigenvalue weighted by Crippen LogP contribution is 2.40. The Bertz CT molecular complexity index is 968. The lowest BCUT2D eigenvalue weighted by Crippen LogP contribution is -2.39. The number of amides is 2. The number of hydrogen-bond acceptors (Lipinski definition) is 3. The van der Waals surface area contributed by atoms with Crippen molar-refractivity contribution in [2.45, 2.75) is 44.2 Å². The predicted octanol–water partition coefficient (Wildman–Crippen LogP) is 4.79. The molecule has 0 saturated heterocycles. The van der Waals surface area contributed by atoms with Gasteiger partial charge in [0.15, 0.2) is 6.61 Å². The average molecular weight is 471 g/mol. The molecule has 9 heteroatoms. The van der Waals surface area contributed by atoms with Gasteiger partial charge in [0.05, 0.1) is 10.0 Å². The summed E-state index contributed by atoms with van der Waals surface area (Å²) in [6.07, 6.45) is 3.23. The lowest BCUT2D eigenvalue weighted by molar-refractivity contribution is -0.124. The molecule has 0 heterocycles. The van der Waals surface area contributed by atoms with Crippen LogP contribution < -0.4 is 15.4 Å². The van der Waals surface area contributed by atoms with E-state index in [1.807, 2.05) is 0 Å². The first-order chi connectivity index (χ1) is 14.8. The number of carbonyl (C=O) groups is 2. The molecule has 2 aromatic rings. The zero-order valence-corrected chi connectivity index (χ0v) is 18.2. The van der Waals surface area contributed by atoms with Crippen LogP contribution in [0.4, 0.5) is 8.78 Å². The van der Waals surface area contributed by atoms with E-state index in [4.69, 9.17) is 27.9 Å². The smallest absolute Gasteiger partial charge is 0.258 e. The minimum Gasteiger partial charge on any atom is -0.484 e. The van der Waals surface area contributed by atoms with Gasteiger partial charge in [-0.05, 0) is 55.5 Å². The predicted molar refractivity (Wildman–Crippen MR) is 114 cm³/mol. The topological polar surface area (TPSA) is 67.4 Å². The molecule has 1 saturated carbocycles. The third kappa shape index (κ3) is 7.08. The molecular weight excluding hydrogens is 449 g/mol. The van der Waals surface area contributed by atoms with Crippen LogP contribution >= 0.6 is 23.2 Å². The Balaban J connectivity index is 1.35. The van der Waals surface area contributed by atoms with Crippen molar-refractivity contribution in [2.75, 3.05) is 6.61 Å². The van der Waals surface area contributed by atoms with Crippen molar-refractivity contribution in [2.24, 2.45) is 0 Å². The van der Waals surface area contributed by atoms with Crippen LogP contribution in [0.5, 0.6) is 5.75 Å². The van der Waals surface area contributed by atoms with Crippen molar-refractivity contribution in [1.29, 1.82) is 0 Å². The van der Waals surface area contributed by atoms with Crippen LogP contribution in [0, 0.1) is 11.6 Å². The summed E-state index contributed by atoms with van der Waals surface area (Å²) < 4.78 is 32.1. The first-order valence-corrected chi connectivity index (χ1v) is 10.6. The molecule has 166 valence electrons. The van der Waals surface area contributed by atoms with E-state index in [1.54, 1.807) is 6.07 Å². The van der Waals surface area contributed by atoms with Gasteiger partial charge in [0.25, 0.3) is 5.91 Å². The fraction of sp³-hybridized carbons (Fsp3) is 0.364. The molecule has 0 unspecified atom stereocenters. The summed E-state index contributed by atoms with van der Waals surface area (Å²) in [5.41, 5.74) is 0.312. The van der Waals surface area contributed by atoms with Crippen LogP contribution in [-0.4, -0.2) is 24.0 Å². The van der Waals surface area contributed by atoms with Gasteiger partial charge >= 0.3 is 0 Å². The zero-order chi connectivity index (χ0) is 22.4. The van der Waals surface area contributed by atoms with Crippen molar-refractivity contribution in [3.8, 4) is 5.75 Å². The average Bonchev–Trinajstić information content (AvgIpc) is 3.49. The van der Waals surface area contributed by atoms with Crippen LogP contribution in [0.15, 0.2) is 36.4 Å². The molecule has 5 nitrogen and oxygen atoms in total. The molecule has 3 rings (SSSR count). The second-order valence-corrected chi connectivity index (χ2v) is 8.39. The van der Waals surface area contributed by atoms with Gasteiger partial charge in [-0.3, -0.25) is 9.59 Å². The van der Waals surface area contributed by atoms with E-state index in [0.29, 0.717) is 24.8 Å². The zero-order valence-electron chi connectivity index (χ0n) is 16.7. The lowest BCUT2D eigenvalue weighted by atomic mass is 10.1. The van der Waals surface area contributed by atoms with E-state index in [9.17, 15) is 18.4 Å². The van der Waals surface area contributed by atoms with Crippen LogP contribution in [0.1, 0.15) is 37.7 Å². The maximum absolute atomic E-state index is 13.4. The van der Waals surface area contributed by atoms with E-state index in [-0.39, 0.29) is 46.3 Å². The SMILES string of the molecule is O=C(CCCC1(NC(=O)COc2ccc(Cl)c(F)c2)CC1)NCc1ccc(Cl)c(F)c1. The minimum absolute atomic E-state index is 0.0156. The minimum atomic E-state index is -0.613. The maximum Gasteiger partial charge on any atom is 0.258 e. The fourth-order valence-corrected chi connectivity index (χ4v) is 3.40. The number of nitrogens with one attached hydrogen (secondary N) is 2. The lowest BCUT2D eigenvalue weighted by Gasteiger charge is -2.17. The molecule has 2 N–H and O–H groups in total. The van der Waals surface area contributed by atoms with Crippen molar-refractivity contribution in [3.63, 3.8) is 0 Å². The highest BCUT2D eigenvalue weighted by atomic mass is 35.5. The highest BCUT2D eigenvalue weighted by Gasteiger charge is 2.43. The molecular formula is C22H22Cl2F2N2O3. The maximum atomic E-state index is 13.4. The van der Waals surface area contributed by atoms with Gasteiger partial charge < -0.3 is 15.4 Å². The Morgan fingerprint density at radius 1 is 1.00 bits per heavy atom. The molecule has 0 spiro atoms. The summed E-state index contributed by atoms with van der Waals surface area (Å²) in [6.45, 7) is -0.0155. The Labute approximate surface area is 189 Å². The molecule has 1 aliphatic carbocycles.